The van der Waals surface area contributed by atoms with Crippen molar-refractivity contribution in [1.82, 2.24) is 10.3 Å². The summed E-state index contributed by atoms with van der Waals surface area (Å²) in [5, 5.41) is 3.20. The second-order valence-corrected chi connectivity index (χ2v) is 5.09. The summed E-state index contributed by atoms with van der Waals surface area (Å²) in [5.41, 5.74) is 2.82. The normalized spacial score (nSPS) is 10.6. The molecule has 1 aromatic carbocycles. The van der Waals surface area contributed by atoms with E-state index in [-0.39, 0.29) is 5.82 Å². The van der Waals surface area contributed by atoms with E-state index in [9.17, 15) is 4.39 Å². The molecule has 0 amide bonds. The maximum absolute atomic E-state index is 14.2. The highest BCUT2D eigenvalue weighted by atomic mass is 19.1. The summed E-state index contributed by atoms with van der Waals surface area (Å²) in [6.45, 7) is 4.40. The van der Waals surface area contributed by atoms with E-state index >= 15 is 0 Å². The number of halogens is 1. The smallest absolute Gasteiger partial charge is 0.146 e. The molecule has 4 heteroatoms. The van der Waals surface area contributed by atoms with Gasteiger partial charge in [-0.2, -0.15) is 0 Å². The summed E-state index contributed by atoms with van der Waals surface area (Å²) in [4.78, 5) is 5.95. The zero-order valence-electron chi connectivity index (χ0n) is 12.6. The Hall–Kier alpha value is -1.94. The molecule has 1 heterocycles. The van der Waals surface area contributed by atoms with Gasteiger partial charge in [-0.15, -0.1) is 0 Å². The van der Waals surface area contributed by atoms with Crippen molar-refractivity contribution in [1.29, 1.82) is 0 Å². The van der Waals surface area contributed by atoms with E-state index in [1.807, 2.05) is 43.1 Å². The molecule has 0 aliphatic carbocycles. The lowest BCUT2D eigenvalue weighted by Gasteiger charge is -2.20. The van der Waals surface area contributed by atoms with Crippen molar-refractivity contribution in [2.45, 2.75) is 19.9 Å². The third-order valence-electron chi connectivity index (χ3n) is 3.49. The monoisotopic (exact) mass is 287 g/mol. The summed E-state index contributed by atoms with van der Waals surface area (Å²) < 4.78 is 14.2. The highest BCUT2D eigenvalue weighted by Crippen LogP contribution is 2.19. The quantitative estimate of drug-likeness (QED) is 0.848. The summed E-state index contributed by atoms with van der Waals surface area (Å²) in [6, 6.07) is 9.42. The van der Waals surface area contributed by atoms with Gasteiger partial charge in [-0.3, -0.25) is 4.98 Å². The molecule has 0 spiro atoms. The van der Waals surface area contributed by atoms with Gasteiger partial charge in [-0.25, -0.2) is 4.39 Å². The lowest BCUT2D eigenvalue weighted by atomic mass is 10.1. The average Bonchev–Trinajstić information content (AvgIpc) is 2.51. The van der Waals surface area contributed by atoms with Gasteiger partial charge in [-0.1, -0.05) is 13.0 Å². The van der Waals surface area contributed by atoms with Gasteiger partial charge in [0.2, 0.25) is 0 Å². The zero-order chi connectivity index (χ0) is 15.1. The Morgan fingerprint density at radius 2 is 1.90 bits per heavy atom. The minimum absolute atomic E-state index is 0.164. The van der Waals surface area contributed by atoms with Crippen molar-refractivity contribution in [3.63, 3.8) is 0 Å². The number of rotatable bonds is 7. The van der Waals surface area contributed by atoms with E-state index in [2.05, 4.69) is 10.3 Å². The van der Waals surface area contributed by atoms with Crippen LogP contribution >= 0.6 is 0 Å². The van der Waals surface area contributed by atoms with Crippen LogP contribution in [0.25, 0.3) is 0 Å². The first-order valence-corrected chi connectivity index (χ1v) is 7.30. The van der Waals surface area contributed by atoms with Crippen molar-refractivity contribution < 1.29 is 4.39 Å². The molecule has 0 saturated heterocycles. The van der Waals surface area contributed by atoms with Gasteiger partial charge in [0, 0.05) is 32.5 Å². The molecule has 0 saturated carbocycles. The lowest BCUT2D eigenvalue weighted by Crippen LogP contribution is -2.21. The molecular formula is C17H22FN3. The SMILES string of the molecule is CCNCc1ccc(N(C)CCc2ccncc2)c(F)c1. The van der Waals surface area contributed by atoms with Crippen LogP contribution in [-0.4, -0.2) is 25.1 Å². The van der Waals surface area contributed by atoms with Crippen molar-refractivity contribution in [2.24, 2.45) is 0 Å². The van der Waals surface area contributed by atoms with Crippen LogP contribution < -0.4 is 10.2 Å². The van der Waals surface area contributed by atoms with E-state index in [1.165, 1.54) is 5.56 Å². The second-order valence-electron chi connectivity index (χ2n) is 5.09. The van der Waals surface area contributed by atoms with Gasteiger partial charge in [0.1, 0.15) is 5.82 Å². The molecule has 3 nitrogen and oxygen atoms in total. The van der Waals surface area contributed by atoms with Crippen LogP contribution in [0.2, 0.25) is 0 Å². The number of pyridine rings is 1. The van der Waals surface area contributed by atoms with Crippen LogP contribution in [0.3, 0.4) is 0 Å². The van der Waals surface area contributed by atoms with Crippen LogP contribution in [0, 0.1) is 5.82 Å². The van der Waals surface area contributed by atoms with Crippen LogP contribution in [0.1, 0.15) is 18.1 Å². The Labute approximate surface area is 125 Å². The highest BCUT2D eigenvalue weighted by molar-refractivity contribution is 5.48. The lowest BCUT2D eigenvalue weighted by molar-refractivity contribution is 0.616. The minimum Gasteiger partial charge on any atom is -0.372 e. The predicted octanol–water partition coefficient (Wildman–Crippen LogP) is 3.01. The molecule has 2 aromatic rings. The van der Waals surface area contributed by atoms with E-state index in [0.29, 0.717) is 12.2 Å². The minimum atomic E-state index is -0.164. The highest BCUT2D eigenvalue weighted by Gasteiger charge is 2.08. The maximum Gasteiger partial charge on any atom is 0.146 e. The molecule has 0 fully saturated rings. The number of likely N-dealkylation sites (N-methyl/N-ethyl adjacent to an activating group) is 1. The van der Waals surface area contributed by atoms with Gasteiger partial charge in [0.05, 0.1) is 5.69 Å². The Morgan fingerprint density at radius 3 is 2.57 bits per heavy atom. The Balaban J connectivity index is 1.97. The molecule has 0 aliphatic heterocycles. The number of nitrogens with zero attached hydrogens (tertiary/aromatic N) is 2. The fourth-order valence-electron chi connectivity index (χ4n) is 2.21. The Morgan fingerprint density at radius 1 is 1.14 bits per heavy atom. The van der Waals surface area contributed by atoms with Gasteiger partial charge in [0.15, 0.2) is 0 Å². The molecule has 0 bridgehead atoms. The van der Waals surface area contributed by atoms with Crippen molar-refractivity contribution >= 4 is 5.69 Å². The zero-order valence-corrected chi connectivity index (χ0v) is 12.6. The van der Waals surface area contributed by atoms with Crippen molar-refractivity contribution in [3.05, 3.63) is 59.7 Å². The maximum atomic E-state index is 14.2. The van der Waals surface area contributed by atoms with E-state index in [4.69, 9.17) is 0 Å². The molecule has 1 N–H and O–H groups in total. The summed E-state index contributed by atoms with van der Waals surface area (Å²) >= 11 is 0. The standard InChI is InChI=1S/C17H22FN3/c1-3-19-13-15-4-5-17(16(18)12-15)21(2)11-8-14-6-9-20-10-7-14/h4-7,9-10,12,19H,3,8,11,13H2,1-2H3. The average molecular weight is 287 g/mol. The largest absolute Gasteiger partial charge is 0.372 e. The fraction of sp³-hybridized carbons (Fsp3) is 0.353. The Kier molecular flexibility index (Phi) is 5.69. The first kappa shape index (κ1) is 15.4. The van der Waals surface area contributed by atoms with Gasteiger partial charge in [-0.05, 0) is 48.4 Å². The summed E-state index contributed by atoms with van der Waals surface area (Å²) in [7, 11) is 1.92. The van der Waals surface area contributed by atoms with Crippen LogP contribution in [0.4, 0.5) is 10.1 Å². The fourth-order valence-corrected chi connectivity index (χ4v) is 2.21. The van der Waals surface area contributed by atoms with Gasteiger partial charge >= 0.3 is 0 Å². The number of nitrogens with one attached hydrogen (secondary N) is 1. The van der Waals surface area contributed by atoms with Crippen molar-refractivity contribution in [3.8, 4) is 0 Å². The number of hydrogen-bond donors (Lipinski definition) is 1. The number of hydrogen-bond acceptors (Lipinski definition) is 3. The molecule has 0 radical (unpaired) electrons. The number of aromatic nitrogens is 1. The van der Waals surface area contributed by atoms with E-state index in [1.54, 1.807) is 18.5 Å². The Bertz CT molecular complexity index is 557. The van der Waals surface area contributed by atoms with Gasteiger partial charge in [0.25, 0.3) is 0 Å². The molecule has 21 heavy (non-hydrogen) atoms. The van der Waals surface area contributed by atoms with Gasteiger partial charge < -0.3 is 10.2 Å². The number of anilines is 1. The predicted molar refractivity (Wildman–Crippen MR) is 85.0 cm³/mol. The molecule has 1 aromatic heterocycles. The first-order valence-electron chi connectivity index (χ1n) is 7.30. The van der Waals surface area contributed by atoms with Crippen LogP contribution in [-0.2, 0) is 13.0 Å². The summed E-state index contributed by atoms with van der Waals surface area (Å²) in [6.07, 6.45) is 4.44. The molecular weight excluding hydrogens is 265 g/mol. The third-order valence-corrected chi connectivity index (χ3v) is 3.49. The van der Waals surface area contributed by atoms with Crippen molar-refractivity contribution in [2.75, 3.05) is 25.0 Å². The second kappa shape index (κ2) is 7.74. The van der Waals surface area contributed by atoms with E-state index < -0.39 is 0 Å². The first-order chi connectivity index (χ1) is 10.2. The molecule has 2 rings (SSSR count). The van der Waals surface area contributed by atoms with E-state index in [0.717, 1.165) is 25.1 Å². The van der Waals surface area contributed by atoms with Crippen LogP contribution in [0.15, 0.2) is 42.7 Å². The molecule has 0 unspecified atom stereocenters. The third kappa shape index (κ3) is 4.53. The number of benzene rings is 1. The van der Waals surface area contributed by atoms with Crippen LogP contribution in [0.5, 0.6) is 0 Å². The summed E-state index contributed by atoms with van der Waals surface area (Å²) in [5.74, 6) is -0.164. The molecule has 0 aliphatic rings. The topological polar surface area (TPSA) is 28.2 Å². The molecule has 112 valence electrons. The molecule has 0 atom stereocenters.